The molecule has 0 radical (unpaired) electrons. The number of nitrogens with zero attached hydrogens (tertiary/aromatic N) is 1. The molecule has 1 N–H and O–H groups in total. The van der Waals surface area contributed by atoms with Crippen LogP contribution in [0.15, 0.2) is 23.1 Å². The number of carbonyl (C=O) groups is 2. The van der Waals surface area contributed by atoms with Gasteiger partial charge in [0.2, 0.25) is 10.0 Å². The van der Waals surface area contributed by atoms with E-state index in [1.807, 2.05) is 19.9 Å². The summed E-state index contributed by atoms with van der Waals surface area (Å²) in [6.45, 7) is 5.95. The third-order valence-corrected chi connectivity index (χ3v) is 8.41. The number of hydrogen-bond acceptors (Lipinski definition) is 5. The Labute approximate surface area is 185 Å². The summed E-state index contributed by atoms with van der Waals surface area (Å²) in [7, 11) is -3.59. The third-order valence-electron chi connectivity index (χ3n) is 6.52. The van der Waals surface area contributed by atoms with Gasteiger partial charge < -0.3 is 10.1 Å². The van der Waals surface area contributed by atoms with Crippen LogP contribution in [0, 0.1) is 19.8 Å². The Kier molecular flexibility index (Phi) is 7.75. The molecule has 1 atom stereocenters. The molecule has 2 fully saturated rings. The summed E-state index contributed by atoms with van der Waals surface area (Å²) in [5, 5.41) is 2.98. The number of carbonyl (C=O) groups excluding carboxylic acids is 2. The van der Waals surface area contributed by atoms with Gasteiger partial charge in [0.05, 0.1) is 10.8 Å². The number of nitrogens with one attached hydrogen (secondary N) is 1. The second-order valence-corrected chi connectivity index (χ2v) is 10.8. The standard InChI is InChI=1S/C23H34N2O5S/c1-16-9-10-21(15-17(16)2)31(28,29)25-13-11-19(12-14-25)23(27)30-18(3)22(26)24-20-7-5-4-6-8-20/h9-10,15,18-20H,4-8,11-14H2,1-3H3,(H,24,26)/t18-/m1/s1. The van der Waals surface area contributed by atoms with Crippen molar-refractivity contribution in [2.45, 2.75) is 82.8 Å². The highest BCUT2D eigenvalue weighted by molar-refractivity contribution is 7.89. The van der Waals surface area contributed by atoms with Gasteiger partial charge in [0, 0.05) is 19.1 Å². The van der Waals surface area contributed by atoms with E-state index < -0.39 is 28.0 Å². The molecule has 1 heterocycles. The van der Waals surface area contributed by atoms with Crippen LogP contribution < -0.4 is 5.32 Å². The Hall–Kier alpha value is -1.93. The summed E-state index contributed by atoms with van der Waals surface area (Å²) in [5.74, 6) is -1.07. The van der Waals surface area contributed by atoms with Crippen LogP contribution in [0.4, 0.5) is 0 Å². The SMILES string of the molecule is Cc1ccc(S(=O)(=O)N2CCC(C(=O)O[C@H](C)C(=O)NC3CCCCC3)CC2)cc1C. The van der Waals surface area contributed by atoms with Crippen molar-refractivity contribution in [1.82, 2.24) is 9.62 Å². The minimum atomic E-state index is -3.59. The predicted octanol–water partition coefficient (Wildman–Crippen LogP) is 3.08. The number of esters is 1. The Morgan fingerprint density at radius 3 is 2.29 bits per heavy atom. The maximum atomic E-state index is 12.9. The van der Waals surface area contributed by atoms with E-state index in [4.69, 9.17) is 4.74 Å². The Morgan fingerprint density at radius 2 is 1.68 bits per heavy atom. The minimum absolute atomic E-state index is 0.168. The van der Waals surface area contributed by atoms with Gasteiger partial charge in [-0.25, -0.2) is 8.42 Å². The summed E-state index contributed by atoms with van der Waals surface area (Å²) in [5.41, 5.74) is 1.97. The van der Waals surface area contributed by atoms with Crippen LogP contribution in [0.2, 0.25) is 0 Å². The number of aryl methyl sites for hydroxylation is 2. The predicted molar refractivity (Wildman–Crippen MR) is 118 cm³/mol. The molecule has 8 heteroatoms. The smallest absolute Gasteiger partial charge is 0.309 e. The zero-order chi connectivity index (χ0) is 22.6. The lowest BCUT2D eigenvalue weighted by Crippen LogP contribution is -2.44. The van der Waals surface area contributed by atoms with E-state index in [1.54, 1.807) is 19.1 Å². The largest absolute Gasteiger partial charge is 0.452 e. The molecule has 0 spiro atoms. The molecule has 172 valence electrons. The minimum Gasteiger partial charge on any atom is -0.452 e. The highest BCUT2D eigenvalue weighted by atomic mass is 32.2. The summed E-state index contributed by atoms with van der Waals surface area (Å²) in [6, 6.07) is 5.30. The topological polar surface area (TPSA) is 92.8 Å². The van der Waals surface area contributed by atoms with E-state index in [0.29, 0.717) is 12.8 Å². The number of piperidine rings is 1. The van der Waals surface area contributed by atoms with E-state index in [-0.39, 0.29) is 29.9 Å². The molecule has 1 saturated heterocycles. The summed E-state index contributed by atoms with van der Waals surface area (Å²) in [4.78, 5) is 25.2. The fourth-order valence-electron chi connectivity index (χ4n) is 4.24. The molecule has 1 aromatic rings. The zero-order valence-corrected chi connectivity index (χ0v) is 19.5. The van der Waals surface area contributed by atoms with E-state index in [1.165, 1.54) is 10.7 Å². The van der Waals surface area contributed by atoms with Gasteiger partial charge in [-0.1, -0.05) is 25.3 Å². The molecule has 1 saturated carbocycles. The second-order valence-electron chi connectivity index (χ2n) is 8.85. The molecule has 1 amide bonds. The summed E-state index contributed by atoms with van der Waals surface area (Å²) >= 11 is 0. The van der Waals surface area contributed by atoms with Crippen LogP contribution in [0.3, 0.4) is 0 Å². The lowest BCUT2D eigenvalue weighted by Gasteiger charge is -2.31. The van der Waals surface area contributed by atoms with E-state index in [2.05, 4.69) is 5.32 Å². The molecule has 0 bridgehead atoms. The number of rotatable bonds is 6. The molecule has 3 rings (SSSR count). The van der Waals surface area contributed by atoms with Crippen LogP contribution >= 0.6 is 0 Å². The van der Waals surface area contributed by atoms with Gasteiger partial charge >= 0.3 is 5.97 Å². The Balaban J connectivity index is 1.50. The van der Waals surface area contributed by atoms with Crippen LogP contribution in [0.1, 0.15) is 63.0 Å². The average molecular weight is 451 g/mol. The van der Waals surface area contributed by atoms with Gasteiger partial charge in [-0.3, -0.25) is 9.59 Å². The molecule has 1 aromatic carbocycles. The molecule has 0 aromatic heterocycles. The van der Waals surface area contributed by atoms with Crippen molar-refractivity contribution in [2.24, 2.45) is 5.92 Å². The number of sulfonamides is 1. The molecule has 7 nitrogen and oxygen atoms in total. The number of ether oxygens (including phenoxy) is 1. The molecule has 2 aliphatic rings. The van der Waals surface area contributed by atoms with Gasteiger partial charge in [0.15, 0.2) is 6.10 Å². The number of benzene rings is 1. The third kappa shape index (κ3) is 5.86. The monoisotopic (exact) mass is 450 g/mol. The fraction of sp³-hybridized carbons (Fsp3) is 0.652. The van der Waals surface area contributed by atoms with Crippen LogP contribution in [-0.4, -0.2) is 49.8 Å². The fourth-order valence-corrected chi connectivity index (χ4v) is 5.80. The van der Waals surface area contributed by atoms with Crippen molar-refractivity contribution in [3.8, 4) is 0 Å². The lowest BCUT2D eigenvalue weighted by atomic mass is 9.95. The first-order valence-corrected chi connectivity index (χ1v) is 12.7. The van der Waals surface area contributed by atoms with Crippen molar-refractivity contribution in [2.75, 3.05) is 13.1 Å². The van der Waals surface area contributed by atoms with Crippen molar-refractivity contribution >= 4 is 21.9 Å². The second kappa shape index (κ2) is 10.1. The van der Waals surface area contributed by atoms with Gasteiger partial charge in [-0.2, -0.15) is 4.31 Å². The van der Waals surface area contributed by atoms with E-state index in [9.17, 15) is 18.0 Å². The Morgan fingerprint density at radius 1 is 1.03 bits per heavy atom. The normalized spacial score (nSPS) is 20.2. The lowest BCUT2D eigenvalue weighted by molar-refractivity contribution is -0.160. The number of amides is 1. The quantitative estimate of drug-likeness (QED) is 0.673. The van der Waals surface area contributed by atoms with Gasteiger partial charge in [-0.05, 0) is 69.7 Å². The van der Waals surface area contributed by atoms with Crippen LogP contribution in [0.25, 0.3) is 0 Å². The first-order chi connectivity index (χ1) is 14.7. The van der Waals surface area contributed by atoms with Crippen LogP contribution in [-0.2, 0) is 24.3 Å². The maximum absolute atomic E-state index is 12.9. The molecule has 0 unspecified atom stereocenters. The summed E-state index contributed by atoms with van der Waals surface area (Å²) < 4.78 is 32.7. The highest BCUT2D eigenvalue weighted by Crippen LogP contribution is 2.26. The van der Waals surface area contributed by atoms with Crippen molar-refractivity contribution in [3.05, 3.63) is 29.3 Å². The number of hydrogen-bond donors (Lipinski definition) is 1. The molecule has 1 aliphatic carbocycles. The summed E-state index contributed by atoms with van der Waals surface area (Å²) in [6.07, 6.45) is 5.31. The van der Waals surface area contributed by atoms with E-state index in [0.717, 1.165) is 36.8 Å². The maximum Gasteiger partial charge on any atom is 0.309 e. The molecule has 31 heavy (non-hydrogen) atoms. The van der Waals surface area contributed by atoms with Gasteiger partial charge in [-0.15, -0.1) is 0 Å². The van der Waals surface area contributed by atoms with Crippen molar-refractivity contribution < 1.29 is 22.7 Å². The first kappa shape index (κ1) is 23.7. The Bertz CT molecular complexity index is 901. The highest BCUT2D eigenvalue weighted by Gasteiger charge is 2.34. The average Bonchev–Trinajstić information content (AvgIpc) is 2.76. The molecule has 1 aliphatic heterocycles. The molecular weight excluding hydrogens is 416 g/mol. The van der Waals surface area contributed by atoms with Gasteiger partial charge in [0.1, 0.15) is 0 Å². The first-order valence-electron chi connectivity index (χ1n) is 11.3. The van der Waals surface area contributed by atoms with E-state index >= 15 is 0 Å². The van der Waals surface area contributed by atoms with Crippen molar-refractivity contribution in [3.63, 3.8) is 0 Å². The van der Waals surface area contributed by atoms with Crippen LogP contribution in [0.5, 0.6) is 0 Å². The molecular formula is C23H34N2O5S. The van der Waals surface area contributed by atoms with Gasteiger partial charge in [0.25, 0.3) is 5.91 Å². The van der Waals surface area contributed by atoms with Crippen molar-refractivity contribution in [1.29, 1.82) is 0 Å². The zero-order valence-electron chi connectivity index (χ0n) is 18.7.